The van der Waals surface area contributed by atoms with Crippen molar-refractivity contribution in [2.45, 2.75) is 20.4 Å². The number of hydrogen-bond acceptors (Lipinski definition) is 5. The molecular weight excluding hydrogens is 394 g/mol. The highest BCUT2D eigenvalue weighted by atomic mass is 32.2. The molecule has 28 heavy (non-hydrogen) atoms. The number of thiazole rings is 1. The van der Waals surface area contributed by atoms with Crippen molar-refractivity contribution in [1.82, 2.24) is 9.29 Å². The van der Waals surface area contributed by atoms with E-state index in [1.54, 1.807) is 4.90 Å². The number of nitrogens with zero attached hydrogens (tertiary/aromatic N) is 3. The number of carbonyl (C=O) groups excluding carboxylic acids is 1. The summed E-state index contributed by atoms with van der Waals surface area (Å²) in [5, 5.41) is 0.569. The van der Waals surface area contributed by atoms with Gasteiger partial charge in [0.05, 0.1) is 29.6 Å². The zero-order valence-electron chi connectivity index (χ0n) is 16.3. The summed E-state index contributed by atoms with van der Waals surface area (Å²) in [6, 6.07) is 13.7. The van der Waals surface area contributed by atoms with E-state index in [1.807, 2.05) is 44.2 Å². The van der Waals surface area contributed by atoms with Gasteiger partial charge in [-0.25, -0.2) is 13.4 Å². The Morgan fingerprint density at radius 3 is 2.46 bits per heavy atom. The van der Waals surface area contributed by atoms with Crippen molar-refractivity contribution in [1.29, 1.82) is 0 Å². The van der Waals surface area contributed by atoms with Crippen LogP contribution in [0.15, 0.2) is 42.5 Å². The molecule has 0 aliphatic rings. The van der Waals surface area contributed by atoms with Gasteiger partial charge in [-0.1, -0.05) is 47.7 Å². The average Bonchev–Trinajstić information content (AvgIpc) is 3.03. The topological polar surface area (TPSA) is 70.6 Å². The third-order valence-electron chi connectivity index (χ3n) is 4.46. The van der Waals surface area contributed by atoms with E-state index in [2.05, 4.69) is 12.1 Å². The second-order valence-corrected chi connectivity index (χ2v) is 10.0. The molecule has 8 heteroatoms. The lowest BCUT2D eigenvalue weighted by molar-refractivity contribution is -0.118. The zero-order valence-corrected chi connectivity index (χ0v) is 18.0. The Balaban J connectivity index is 2.00. The SMILES string of the molecule is Cc1cc(C)c2nc(N(Cc3ccccc3)C(=O)CN(C)S(C)(=O)=O)sc2c1. The number of aryl methyl sites for hydroxylation is 2. The number of likely N-dealkylation sites (N-methyl/N-ethyl adjacent to an activating group) is 1. The highest BCUT2D eigenvalue weighted by molar-refractivity contribution is 7.88. The molecule has 3 rings (SSSR count). The van der Waals surface area contributed by atoms with Crippen LogP contribution < -0.4 is 4.90 Å². The van der Waals surface area contributed by atoms with Gasteiger partial charge in [0.25, 0.3) is 0 Å². The van der Waals surface area contributed by atoms with E-state index in [4.69, 9.17) is 4.98 Å². The molecule has 1 amide bonds. The van der Waals surface area contributed by atoms with Gasteiger partial charge in [0, 0.05) is 7.05 Å². The van der Waals surface area contributed by atoms with E-state index < -0.39 is 10.0 Å². The second kappa shape index (κ2) is 7.98. The molecule has 2 aromatic carbocycles. The number of benzene rings is 2. The Bertz CT molecular complexity index is 1110. The van der Waals surface area contributed by atoms with E-state index in [0.717, 1.165) is 37.5 Å². The number of sulfonamides is 1. The average molecular weight is 418 g/mol. The lowest BCUT2D eigenvalue weighted by Gasteiger charge is -2.22. The Kier molecular flexibility index (Phi) is 5.83. The van der Waals surface area contributed by atoms with Crippen LogP contribution in [0.3, 0.4) is 0 Å². The van der Waals surface area contributed by atoms with Crippen molar-refractivity contribution in [2.75, 3.05) is 24.7 Å². The minimum Gasteiger partial charge on any atom is -0.282 e. The molecule has 0 fully saturated rings. The molecular formula is C20H23N3O3S2. The lowest BCUT2D eigenvalue weighted by Crippen LogP contribution is -2.40. The predicted molar refractivity (Wildman–Crippen MR) is 114 cm³/mol. The van der Waals surface area contributed by atoms with Gasteiger partial charge in [0.2, 0.25) is 15.9 Å². The first-order valence-electron chi connectivity index (χ1n) is 8.78. The van der Waals surface area contributed by atoms with Crippen LogP contribution in [0.2, 0.25) is 0 Å². The maximum Gasteiger partial charge on any atom is 0.244 e. The molecule has 0 N–H and O–H groups in total. The van der Waals surface area contributed by atoms with Gasteiger partial charge in [0.15, 0.2) is 5.13 Å². The fourth-order valence-electron chi connectivity index (χ4n) is 2.90. The Morgan fingerprint density at radius 1 is 1.14 bits per heavy atom. The van der Waals surface area contributed by atoms with E-state index in [9.17, 15) is 13.2 Å². The van der Waals surface area contributed by atoms with Crippen molar-refractivity contribution in [2.24, 2.45) is 0 Å². The second-order valence-electron chi connectivity index (χ2n) is 6.91. The van der Waals surface area contributed by atoms with Gasteiger partial charge in [0.1, 0.15) is 0 Å². The molecule has 1 aromatic heterocycles. The standard InChI is InChI=1S/C20H23N3O3S2/c1-14-10-15(2)19-17(11-14)27-20(21-19)23(12-16-8-6-5-7-9-16)18(24)13-22(3)28(4,25)26/h5-11H,12-13H2,1-4H3. The van der Waals surface area contributed by atoms with Crippen LogP contribution in [-0.2, 0) is 21.4 Å². The minimum atomic E-state index is -3.45. The first kappa shape index (κ1) is 20.4. The highest BCUT2D eigenvalue weighted by Crippen LogP contribution is 2.32. The molecule has 3 aromatic rings. The zero-order chi connectivity index (χ0) is 20.5. The molecule has 6 nitrogen and oxygen atoms in total. The third-order valence-corrected chi connectivity index (χ3v) is 6.74. The van der Waals surface area contributed by atoms with Crippen LogP contribution in [0, 0.1) is 13.8 Å². The molecule has 0 bridgehead atoms. The fourth-order valence-corrected chi connectivity index (χ4v) is 4.40. The van der Waals surface area contributed by atoms with E-state index in [0.29, 0.717) is 11.7 Å². The Hall–Kier alpha value is -2.29. The van der Waals surface area contributed by atoms with E-state index in [-0.39, 0.29) is 12.5 Å². The number of amides is 1. The van der Waals surface area contributed by atoms with Gasteiger partial charge in [-0.05, 0) is 36.6 Å². The molecule has 148 valence electrons. The molecule has 0 radical (unpaired) electrons. The van der Waals surface area contributed by atoms with Crippen LogP contribution in [0.25, 0.3) is 10.2 Å². The van der Waals surface area contributed by atoms with Gasteiger partial charge in [-0.15, -0.1) is 0 Å². The van der Waals surface area contributed by atoms with Crippen LogP contribution in [0.5, 0.6) is 0 Å². The molecule has 0 unspecified atom stereocenters. The van der Waals surface area contributed by atoms with Crippen molar-refractivity contribution in [3.8, 4) is 0 Å². The molecule has 0 saturated carbocycles. The largest absolute Gasteiger partial charge is 0.282 e. The first-order valence-corrected chi connectivity index (χ1v) is 11.4. The maximum absolute atomic E-state index is 13.0. The number of fused-ring (bicyclic) bond motifs is 1. The van der Waals surface area contributed by atoms with Crippen LogP contribution in [0.1, 0.15) is 16.7 Å². The fraction of sp³-hybridized carbons (Fsp3) is 0.300. The summed E-state index contributed by atoms with van der Waals surface area (Å²) < 4.78 is 25.6. The highest BCUT2D eigenvalue weighted by Gasteiger charge is 2.24. The summed E-state index contributed by atoms with van der Waals surface area (Å²) in [5.74, 6) is -0.315. The van der Waals surface area contributed by atoms with Gasteiger partial charge < -0.3 is 0 Å². The van der Waals surface area contributed by atoms with Crippen LogP contribution in [-0.4, -0.2) is 43.5 Å². The third kappa shape index (κ3) is 4.57. The summed E-state index contributed by atoms with van der Waals surface area (Å²) in [4.78, 5) is 19.3. The first-order chi connectivity index (χ1) is 13.1. The summed E-state index contributed by atoms with van der Waals surface area (Å²) in [6.45, 7) is 4.12. The van der Waals surface area contributed by atoms with Gasteiger partial charge in [-0.3, -0.25) is 9.69 Å². The molecule has 0 atom stereocenters. The van der Waals surface area contributed by atoms with Crippen molar-refractivity contribution in [3.05, 3.63) is 59.2 Å². The predicted octanol–water partition coefficient (Wildman–Crippen LogP) is 3.34. The van der Waals surface area contributed by atoms with Crippen LogP contribution in [0.4, 0.5) is 5.13 Å². The monoisotopic (exact) mass is 417 g/mol. The lowest BCUT2D eigenvalue weighted by atomic mass is 10.1. The van der Waals surface area contributed by atoms with Crippen molar-refractivity contribution >= 4 is 42.6 Å². The summed E-state index contributed by atoms with van der Waals surface area (Å²) in [7, 11) is -2.05. The number of carbonyl (C=O) groups is 1. The summed E-state index contributed by atoms with van der Waals surface area (Å²) in [5.41, 5.74) is 4.01. The van der Waals surface area contributed by atoms with Gasteiger partial charge in [-0.2, -0.15) is 4.31 Å². The number of hydrogen-bond donors (Lipinski definition) is 0. The summed E-state index contributed by atoms with van der Waals surface area (Å²) >= 11 is 1.44. The summed E-state index contributed by atoms with van der Waals surface area (Å²) in [6.07, 6.45) is 1.09. The maximum atomic E-state index is 13.0. The van der Waals surface area contributed by atoms with E-state index in [1.165, 1.54) is 18.4 Å². The van der Waals surface area contributed by atoms with E-state index >= 15 is 0 Å². The number of rotatable bonds is 6. The van der Waals surface area contributed by atoms with Gasteiger partial charge >= 0.3 is 0 Å². The number of anilines is 1. The molecule has 0 aliphatic carbocycles. The molecule has 0 spiro atoms. The van der Waals surface area contributed by atoms with Crippen molar-refractivity contribution < 1.29 is 13.2 Å². The molecule has 1 heterocycles. The minimum absolute atomic E-state index is 0.237. The quantitative estimate of drug-likeness (QED) is 0.617. The number of aromatic nitrogens is 1. The van der Waals surface area contributed by atoms with Crippen LogP contribution >= 0.6 is 11.3 Å². The molecule has 0 aliphatic heterocycles. The Labute approximate surface area is 169 Å². The van der Waals surface area contributed by atoms with Crippen molar-refractivity contribution in [3.63, 3.8) is 0 Å². The Morgan fingerprint density at radius 2 is 1.82 bits per heavy atom. The normalized spacial score (nSPS) is 11.9. The smallest absolute Gasteiger partial charge is 0.244 e. The molecule has 0 saturated heterocycles.